The molecule has 4 heteroatoms. The minimum absolute atomic E-state index is 0.0217. The lowest BCUT2D eigenvalue weighted by molar-refractivity contribution is -0.152. The molecule has 0 aliphatic heterocycles. The van der Waals surface area contributed by atoms with E-state index in [4.69, 9.17) is 4.74 Å². The fourth-order valence-corrected chi connectivity index (χ4v) is 1.04. The third kappa shape index (κ3) is 5.24. The Morgan fingerprint density at radius 3 is 2.81 bits per heavy atom. The predicted molar refractivity (Wildman–Crippen MR) is 62.5 cm³/mol. The van der Waals surface area contributed by atoms with Gasteiger partial charge in [0.2, 0.25) is 0 Å². The summed E-state index contributed by atoms with van der Waals surface area (Å²) in [6.07, 6.45) is 3.23. The minimum Gasteiger partial charge on any atom is -0.459 e. The Labute approximate surface area is 95.4 Å². The van der Waals surface area contributed by atoms with Crippen LogP contribution in [0, 0.1) is 0 Å². The Morgan fingerprint density at radius 1 is 1.50 bits per heavy atom. The molecule has 0 N–H and O–H groups in total. The van der Waals surface area contributed by atoms with Crippen molar-refractivity contribution in [3.63, 3.8) is 0 Å². The van der Waals surface area contributed by atoms with Crippen LogP contribution >= 0.6 is 0 Å². The predicted octanol–water partition coefficient (Wildman–Crippen LogP) is 1.84. The monoisotopic (exact) mass is 220 g/mol. The van der Waals surface area contributed by atoms with Gasteiger partial charge in [-0.25, -0.2) is 0 Å². The Morgan fingerprint density at radius 2 is 2.25 bits per heavy atom. The highest BCUT2D eigenvalue weighted by Gasteiger charge is 2.15. The van der Waals surface area contributed by atoms with Gasteiger partial charge in [-0.05, 0) is 32.9 Å². The largest absolute Gasteiger partial charge is 0.459 e. The lowest BCUT2D eigenvalue weighted by Gasteiger charge is -2.18. The zero-order valence-corrected chi connectivity index (χ0v) is 9.80. The summed E-state index contributed by atoms with van der Waals surface area (Å²) in [5.41, 5.74) is 0.267. The van der Waals surface area contributed by atoms with Gasteiger partial charge in [0.05, 0.1) is 5.69 Å². The van der Waals surface area contributed by atoms with E-state index in [1.807, 2.05) is 39.0 Å². The van der Waals surface area contributed by atoms with Gasteiger partial charge >= 0.3 is 5.97 Å². The lowest BCUT2D eigenvalue weighted by Crippen LogP contribution is -2.25. The molecule has 1 heterocycles. The summed E-state index contributed by atoms with van der Waals surface area (Å²) in [5.74, 6) is -0.334. The molecule has 0 spiro atoms. The van der Waals surface area contributed by atoms with E-state index >= 15 is 0 Å². The quantitative estimate of drug-likeness (QED) is 0.577. The highest BCUT2D eigenvalue weighted by atomic mass is 16.6. The topological polar surface area (TPSA) is 51.5 Å². The van der Waals surface area contributed by atoms with Crippen LogP contribution in [0.3, 0.4) is 0 Å². The molecule has 1 aromatic rings. The number of rotatable bonds is 3. The molecule has 0 saturated heterocycles. The van der Waals surface area contributed by atoms with Crippen LogP contribution in [0.2, 0.25) is 0 Å². The number of nitrogens with zero attached hydrogens (tertiary/aromatic N) is 2. The molecule has 0 amide bonds. The van der Waals surface area contributed by atoms with E-state index in [-0.39, 0.29) is 12.5 Å². The van der Waals surface area contributed by atoms with Crippen LogP contribution in [-0.4, -0.2) is 29.3 Å². The molecule has 16 heavy (non-hydrogen) atoms. The van der Waals surface area contributed by atoms with Gasteiger partial charge in [-0.15, -0.1) is 0 Å². The summed E-state index contributed by atoms with van der Waals surface area (Å²) in [6.45, 7) is 5.50. The number of hydrogen-bond donors (Lipinski definition) is 0. The third-order valence-corrected chi connectivity index (χ3v) is 1.55. The Balaban J connectivity index is 2.41. The molecular weight excluding hydrogens is 204 g/mol. The Bertz CT molecular complexity index is 366. The molecule has 1 rings (SSSR count). The van der Waals surface area contributed by atoms with Crippen molar-refractivity contribution >= 4 is 12.2 Å². The Kier molecular flexibility index (Phi) is 4.17. The second-order valence-corrected chi connectivity index (χ2v) is 4.31. The van der Waals surface area contributed by atoms with Crippen LogP contribution in [0.4, 0.5) is 0 Å². The van der Waals surface area contributed by atoms with Gasteiger partial charge in [0, 0.05) is 12.4 Å². The second-order valence-electron chi connectivity index (χ2n) is 4.31. The maximum Gasteiger partial charge on any atom is 0.328 e. The van der Waals surface area contributed by atoms with Crippen molar-refractivity contribution in [2.24, 2.45) is 4.99 Å². The van der Waals surface area contributed by atoms with Crippen LogP contribution < -0.4 is 0 Å². The first-order chi connectivity index (χ1) is 7.47. The summed E-state index contributed by atoms with van der Waals surface area (Å²) in [7, 11) is 0. The van der Waals surface area contributed by atoms with Crippen LogP contribution in [-0.2, 0) is 9.53 Å². The number of carbonyl (C=O) groups excluding carboxylic acids is 1. The van der Waals surface area contributed by atoms with E-state index in [9.17, 15) is 4.79 Å². The molecule has 0 aromatic carbocycles. The smallest absolute Gasteiger partial charge is 0.328 e. The van der Waals surface area contributed by atoms with Crippen LogP contribution in [0.1, 0.15) is 26.5 Å². The van der Waals surface area contributed by atoms with Gasteiger partial charge in [-0.2, -0.15) is 0 Å². The average Bonchev–Trinajstić information content (AvgIpc) is 2.16. The molecule has 0 aliphatic rings. The highest BCUT2D eigenvalue weighted by Crippen LogP contribution is 2.06. The number of carbonyl (C=O) groups is 1. The minimum atomic E-state index is -0.461. The van der Waals surface area contributed by atoms with Crippen molar-refractivity contribution in [1.29, 1.82) is 0 Å². The molecular formula is C12H16N2O2. The van der Waals surface area contributed by atoms with Crippen LogP contribution in [0.25, 0.3) is 0 Å². The molecule has 0 unspecified atom stereocenters. The van der Waals surface area contributed by atoms with E-state index in [1.54, 1.807) is 12.4 Å². The fourth-order valence-electron chi connectivity index (χ4n) is 1.04. The highest BCUT2D eigenvalue weighted by molar-refractivity contribution is 5.80. The molecule has 0 aliphatic carbocycles. The number of esters is 1. The van der Waals surface area contributed by atoms with Gasteiger partial charge in [0.15, 0.2) is 0 Å². The summed E-state index contributed by atoms with van der Waals surface area (Å²) in [5, 5.41) is 0. The molecule has 4 nitrogen and oxygen atoms in total. The first-order valence-electron chi connectivity index (χ1n) is 5.10. The van der Waals surface area contributed by atoms with Crippen molar-refractivity contribution < 1.29 is 9.53 Å². The SMILES string of the molecule is CC(C)(C)OC(=O)CN=Cc1ccccn1. The molecule has 0 fully saturated rings. The van der Waals surface area contributed by atoms with Crippen LogP contribution in [0.5, 0.6) is 0 Å². The summed E-state index contributed by atoms with van der Waals surface area (Å²) < 4.78 is 5.10. The molecule has 0 saturated carbocycles. The van der Waals surface area contributed by atoms with E-state index in [1.165, 1.54) is 0 Å². The van der Waals surface area contributed by atoms with Gasteiger partial charge in [0.1, 0.15) is 12.1 Å². The normalized spacial score (nSPS) is 11.7. The third-order valence-electron chi connectivity index (χ3n) is 1.55. The second kappa shape index (κ2) is 5.39. The standard InChI is InChI=1S/C12H16N2O2/c1-12(2,3)16-11(15)9-13-8-10-6-4-5-7-14-10/h4-8H,9H2,1-3H3. The van der Waals surface area contributed by atoms with E-state index in [0.29, 0.717) is 0 Å². The van der Waals surface area contributed by atoms with Gasteiger partial charge in [0.25, 0.3) is 0 Å². The van der Waals surface area contributed by atoms with Crippen LogP contribution in [0.15, 0.2) is 29.4 Å². The number of aromatic nitrogens is 1. The van der Waals surface area contributed by atoms with E-state index in [2.05, 4.69) is 9.98 Å². The first-order valence-corrected chi connectivity index (χ1v) is 5.10. The van der Waals surface area contributed by atoms with E-state index < -0.39 is 5.60 Å². The molecule has 0 atom stereocenters. The molecule has 86 valence electrons. The summed E-state index contributed by atoms with van der Waals surface area (Å²) in [4.78, 5) is 19.3. The number of pyridine rings is 1. The van der Waals surface area contributed by atoms with E-state index in [0.717, 1.165) is 5.69 Å². The Hall–Kier alpha value is -1.71. The number of aliphatic imine (C=N–C) groups is 1. The fraction of sp³-hybridized carbons (Fsp3) is 0.417. The lowest BCUT2D eigenvalue weighted by atomic mass is 10.2. The zero-order valence-electron chi connectivity index (χ0n) is 9.80. The van der Waals surface area contributed by atoms with Gasteiger partial charge < -0.3 is 4.74 Å². The maximum absolute atomic E-state index is 11.3. The zero-order chi connectivity index (χ0) is 12.0. The van der Waals surface area contributed by atoms with Crippen molar-refractivity contribution in [3.05, 3.63) is 30.1 Å². The molecule has 0 radical (unpaired) electrons. The van der Waals surface area contributed by atoms with Gasteiger partial charge in [-0.1, -0.05) is 6.07 Å². The van der Waals surface area contributed by atoms with Crippen molar-refractivity contribution in [1.82, 2.24) is 4.98 Å². The number of hydrogen-bond acceptors (Lipinski definition) is 4. The van der Waals surface area contributed by atoms with Crippen molar-refractivity contribution in [3.8, 4) is 0 Å². The first kappa shape index (κ1) is 12.4. The van der Waals surface area contributed by atoms with Gasteiger partial charge in [-0.3, -0.25) is 14.8 Å². The molecule has 1 aromatic heterocycles. The summed E-state index contributed by atoms with van der Waals surface area (Å²) >= 11 is 0. The number of ether oxygens (including phenoxy) is 1. The molecule has 0 bridgehead atoms. The van der Waals surface area contributed by atoms with Crippen molar-refractivity contribution in [2.75, 3.05) is 6.54 Å². The summed E-state index contributed by atoms with van der Waals surface area (Å²) in [6, 6.07) is 5.51. The maximum atomic E-state index is 11.3. The van der Waals surface area contributed by atoms with Crippen molar-refractivity contribution in [2.45, 2.75) is 26.4 Å². The average molecular weight is 220 g/mol.